The minimum Gasteiger partial charge on any atom is -0.324 e. The van der Waals surface area contributed by atoms with Crippen LogP contribution in [0.15, 0.2) is 46.9 Å². The molecule has 22 heavy (non-hydrogen) atoms. The minimum absolute atomic E-state index is 0.111. The summed E-state index contributed by atoms with van der Waals surface area (Å²) in [7, 11) is 0. The number of amides is 1. The van der Waals surface area contributed by atoms with E-state index in [2.05, 4.69) is 26.2 Å². The lowest BCUT2D eigenvalue weighted by Gasteiger charge is -2.09. The number of anilines is 1. The van der Waals surface area contributed by atoms with Crippen LogP contribution in [0.1, 0.15) is 5.82 Å². The number of rotatable bonds is 3. The standard InChI is InChI=1S/C16H13BrClN3O/c1-10-19-14-4-2-3-5-15(14)21(10)9-16(22)20-11-6-7-13(18)12(17)8-11/h2-8H,9H2,1H3,(H,20,22). The Bertz CT molecular complexity index is 860. The van der Waals surface area contributed by atoms with Gasteiger partial charge >= 0.3 is 0 Å². The van der Waals surface area contributed by atoms with E-state index in [1.165, 1.54) is 0 Å². The lowest BCUT2D eigenvalue weighted by atomic mass is 10.3. The van der Waals surface area contributed by atoms with Crippen LogP contribution in [0, 0.1) is 6.92 Å². The molecule has 0 spiro atoms. The van der Waals surface area contributed by atoms with Crippen LogP contribution in [0.3, 0.4) is 0 Å². The Hall–Kier alpha value is -1.85. The number of aromatic nitrogens is 2. The molecule has 0 unspecified atom stereocenters. The third kappa shape index (κ3) is 3.00. The van der Waals surface area contributed by atoms with Crippen LogP contribution in [-0.2, 0) is 11.3 Å². The summed E-state index contributed by atoms with van der Waals surface area (Å²) >= 11 is 9.29. The number of hydrogen-bond donors (Lipinski definition) is 1. The summed E-state index contributed by atoms with van der Waals surface area (Å²) in [4.78, 5) is 16.7. The molecule has 4 nitrogen and oxygen atoms in total. The number of imidazole rings is 1. The Morgan fingerprint density at radius 2 is 2.09 bits per heavy atom. The van der Waals surface area contributed by atoms with Crippen LogP contribution in [0.4, 0.5) is 5.69 Å². The molecule has 3 rings (SSSR count). The van der Waals surface area contributed by atoms with Crippen LogP contribution in [0.25, 0.3) is 11.0 Å². The number of nitrogens with one attached hydrogen (secondary N) is 1. The van der Waals surface area contributed by atoms with Crippen molar-refractivity contribution in [2.75, 3.05) is 5.32 Å². The Labute approximate surface area is 141 Å². The number of hydrogen-bond acceptors (Lipinski definition) is 2. The maximum Gasteiger partial charge on any atom is 0.244 e. The van der Waals surface area contributed by atoms with Gasteiger partial charge in [-0.1, -0.05) is 23.7 Å². The lowest BCUT2D eigenvalue weighted by molar-refractivity contribution is -0.116. The zero-order chi connectivity index (χ0) is 15.7. The highest BCUT2D eigenvalue weighted by molar-refractivity contribution is 9.10. The molecule has 2 aromatic carbocycles. The van der Waals surface area contributed by atoms with Gasteiger partial charge in [-0.2, -0.15) is 0 Å². The molecule has 1 aromatic heterocycles. The number of carbonyl (C=O) groups excluding carboxylic acids is 1. The minimum atomic E-state index is -0.111. The summed E-state index contributed by atoms with van der Waals surface area (Å²) in [6, 6.07) is 13.1. The molecular formula is C16H13BrClN3O. The summed E-state index contributed by atoms with van der Waals surface area (Å²) in [6.07, 6.45) is 0. The van der Waals surface area contributed by atoms with Crippen molar-refractivity contribution < 1.29 is 4.79 Å². The summed E-state index contributed by atoms with van der Waals surface area (Å²) in [5, 5.41) is 3.47. The van der Waals surface area contributed by atoms with E-state index in [1.807, 2.05) is 35.8 Å². The van der Waals surface area contributed by atoms with E-state index in [1.54, 1.807) is 18.2 Å². The number of fused-ring (bicyclic) bond motifs is 1. The zero-order valence-electron chi connectivity index (χ0n) is 11.8. The smallest absolute Gasteiger partial charge is 0.244 e. The third-order valence-electron chi connectivity index (χ3n) is 3.35. The second kappa shape index (κ2) is 6.10. The van der Waals surface area contributed by atoms with Gasteiger partial charge in [0.1, 0.15) is 12.4 Å². The van der Waals surface area contributed by atoms with Gasteiger partial charge in [0, 0.05) is 10.2 Å². The fourth-order valence-corrected chi connectivity index (χ4v) is 2.81. The van der Waals surface area contributed by atoms with Crippen LogP contribution >= 0.6 is 27.5 Å². The van der Waals surface area contributed by atoms with Crippen LogP contribution in [0.5, 0.6) is 0 Å². The topological polar surface area (TPSA) is 46.9 Å². The monoisotopic (exact) mass is 377 g/mol. The Balaban J connectivity index is 1.81. The number of carbonyl (C=O) groups is 1. The number of benzene rings is 2. The summed E-state index contributed by atoms with van der Waals surface area (Å²) in [6.45, 7) is 2.11. The first kappa shape index (κ1) is 15.1. The van der Waals surface area contributed by atoms with Gasteiger partial charge in [-0.3, -0.25) is 4.79 Å². The van der Waals surface area contributed by atoms with Gasteiger partial charge in [0.2, 0.25) is 5.91 Å². The fourth-order valence-electron chi connectivity index (χ4n) is 2.31. The van der Waals surface area contributed by atoms with Crippen molar-refractivity contribution in [3.63, 3.8) is 0 Å². The maximum absolute atomic E-state index is 12.3. The Kier molecular flexibility index (Phi) is 4.18. The maximum atomic E-state index is 12.3. The average molecular weight is 379 g/mol. The predicted molar refractivity (Wildman–Crippen MR) is 92.3 cm³/mol. The number of aryl methyl sites for hydroxylation is 1. The first-order valence-corrected chi connectivity index (χ1v) is 7.88. The second-order valence-electron chi connectivity index (χ2n) is 4.91. The molecule has 6 heteroatoms. The number of halogens is 2. The van der Waals surface area contributed by atoms with Gasteiger partial charge in [0.25, 0.3) is 0 Å². The van der Waals surface area contributed by atoms with E-state index < -0.39 is 0 Å². The Morgan fingerprint density at radius 1 is 1.32 bits per heavy atom. The van der Waals surface area contributed by atoms with Crippen molar-refractivity contribution in [3.05, 3.63) is 57.8 Å². The summed E-state index contributed by atoms with van der Waals surface area (Å²) < 4.78 is 2.64. The molecule has 0 saturated carbocycles. The van der Waals surface area contributed by atoms with E-state index in [4.69, 9.17) is 11.6 Å². The van der Waals surface area contributed by atoms with E-state index in [9.17, 15) is 4.79 Å². The van der Waals surface area contributed by atoms with E-state index in [-0.39, 0.29) is 12.5 Å². The molecule has 0 bridgehead atoms. The van der Waals surface area contributed by atoms with Gasteiger partial charge in [-0.15, -0.1) is 0 Å². The van der Waals surface area contributed by atoms with Crippen LogP contribution in [-0.4, -0.2) is 15.5 Å². The van der Waals surface area contributed by atoms with Crippen molar-refractivity contribution >= 4 is 50.2 Å². The first-order valence-electron chi connectivity index (χ1n) is 6.71. The molecular weight excluding hydrogens is 366 g/mol. The fraction of sp³-hybridized carbons (Fsp3) is 0.125. The molecule has 0 radical (unpaired) electrons. The van der Waals surface area contributed by atoms with Crippen LogP contribution < -0.4 is 5.32 Å². The highest BCUT2D eigenvalue weighted by Gasteiger charge is 2.11. The van der Waals surface area contributed by atoms with Crippen LogP contribution in [0.2, 0.25) is 5.02 Å². The summed E-state index contributed by atoms with van der Waals surface area (Å²) in [5.74, 6) is 0.703. The molecule has 0 fully saturated rings. The van der Waals surface area contributed by atoms with Crippen molar-refractivity contribution in [1.29, 1.82) is 0 Å². The van der Waals surface area contributed by atoms with Gasteiger partial charge in [0.15, 0.2) is 0 Å². The van der Waals surface area contributed by atoms with E-state index in [0.717, 1.165) is 21.3 Å². The molecule has 0 aliphatic carbocycles. The predicted octanol–water partition coefficient (Wildman–Crippen LogP) is 4.40. The lowest BCUT2D eigenvalue weighted by Crippen LogP contribution is -2.19. The molecule has 0 atom stereocenters. The quantitative estimate of drug-likeness (QED) is 0.734. The molecule has 0 aliphatic heterocycles. The first-order chi connectivity index (χ1) is 10.5. The number of nitrogens with zero attached hydrogens (tertiary/aromatic N) is 2. The second-order valence-corrected chi connectivity index (χ2v) is 6.17. The van der Waals surface area contributed by atoms with Crippen molar-refractivity contribution in [3.8, 4) is 0 Å². The highest BCUT2D eigenvalue weighted by atomic mass is 79.9. The molecule has 3 aromatic rings. The van der Waals surface area contributed by atoms with Gasteiger partial charge in [0.05, 0.1) is 16.1 Å². The SMILES string of the molecule is Cc1nc2ccccc2n1CC(=O)Nc1ccc(Cl)c(Br)c1. The summed E-state index contributed by atoms with van der Waals surface area (Å²) in [5.41, 5.74) is 2.54. The van der Waals surface area contributed by atoms with E-state index >= 15 is 0 Å². The Morgan fingerprint density at radius 3 is 2.86 bits per heavy atom. The van der Waals surface area contributed by atoms with E-state index in [0.29, 0.717) is 10.7 Å². The third-order valence-corrected chi connectivity index (χ3v) is 4.56. The molecule has 0 saturated heterocycles. The van der Waals surface area contributed by atoms with Gasteiger partial charge < -0.3 is 9.88 Å². The molecule has 1 N–H and O–H groups in total. The zero-order valence-corrected chi connectivity index (χ0v) is 14.1. The molecule has 1 heterocycles. The molecule has 112 valence electrons. The highest BCUT2D eigenvalue weighted by Crippen LogP contribution is 2.25. The van der Waals surface area contributed by atoms with Gasteiger partial charge in [-0.05, 0) is 53.2 Å². The molecule has 0 aliphatic rings. The molecule has 1 amide bonds. The average Bonchev–Trinajstić information content (AvgIpc) is 2.79. The number of para-hydroxylation sites is 2. The van der Waals surface area contributed by atoms with Crippen molar-refractivity contribution in [2.45, 2.75) is 13.5 Å². The normalized spacial score (nSPS) is 10.9. The largest absolute Gasteiger partial charge is 0.324 e. The van der Waals surface area contributed by atoms with Crippen molar-refractivity contribution in [2.24, 2.45) is 0 Å². The van der Waals surface area contributed by atoms with Gasteiger partial charge in [-0.25, -0.2) is 4.98 Å². The van der Waals surface area contributed by atoms with Crippen molar-refractivity contribution in [1.82, 2.24) is 9.55 Å².